The summed E-state index contributed by atoms with van der Waals surface area (Å²) in [5.41, 5.74) is 2.05. The van der Waals surface area contributed by atoms with Crippen LogP contribution in [0.3, 0.4) is 0 Å². The zero-order valence-corrected chi connectivity index (χ0v) is 15.9. The van der Waals surface area contributed by atoms with Gasteiger partial charge in [-0.05, 0) is 54.4 Å². The van der Waals surface area contributed by atoms with E-state index in [-0.39, 0.29) is 5.91 Å². The molecular formula is C18H34N2O4. The van der Waals surface area contributed by atoms with Crippen molar-refractivity contribution in [1.29, 1.82) is 0 Å². The zero-order chi connectivity index (χ0) is 18.9. The summed E-state index contributed by atoms with van der Waals surface area (Å²) >= 11 is 0. The molecule has 1 aliphatic rings. The Balaban J connectivity index is 3.36. The second kappa shape index (κ2) is 7.00. The van der Waals surface area contributed by atoms with Crippen LogP contribution in [-0.4, -0.2) is 50.2 Å². The van der Waals surface area contributed by atoms with E-state index in [1.165, 1.54) is 4.90 Å². The van der Waals surface area contributed by atoms with E-state index >= 15 is 0 Å². The van der Waals surface area contributed by atoms with Crippen LogP contribution in [0.1, 0.15) is 73.6 Å². The van der Waals surface area contributed by atoms with Gasteiger partial charge in [0.2, 0.25) is 11.8 Å². The molecule has 0 spiro atoms. The van der Waals surface area contributed by atoms with E-state index in [9.17, 15) is 19.8 Å². The first-order valence-corrected chi connectivity index (χ1v) is 8.82. The van der Waals surface area contributed by atoms with Gasteiger partial charge < -0.3 is 20.8 Å². The van der Waals surface area contributed by atoms with Crippen LogP contribution in [0.2, 0.25) is 0 Å². The molecule has 0 aliphatic heterocycles. The summed E-state index contributed by atoms with van der Waals surface area (Å²) < 4.78 is 0. The second-order valence-electron chi connectivity index (χ2n) is 8.38. The zero-order valence-electron chi connectivity index (χ0n) is 15.9. The monoisotopic (exact) mass is 342 g/mol. The lowest BCUT2D eigenvalue weighted by molar-refractivity contribution is -0.166. The average Bonchev–Trinajstić information content (AvgIpc) is 2.45. The lowest BCUT2D eigenvalue weighted by atomic mass is 9.71. The van der Waals surface area contributed by atoms with Crippen molar-refractivity contribution in [2.75, 3.05) is 0 Å². The van der Waals surface area contributed by atoms with Gasteiger partial charge in [-0.2, -0.15) is 0 Å². The topological polar surface area (TPSA) is 104 Å². The highest BCUT2D eigenvalue weighted by Gasteiger charge is 2.51. The molecule has 2 unspecified atom stereocenters. The molecule has 0 saturated heterocycles. The molecule has 2 amide bonds. The van der Waals surface area contributed by atoms with Gasteiger partial charge in [0, 0.05) is 0 Å². The fraction of sp³-hybridized carbons (Fsp3) is 0.889. The van der Waals surface area contributed by atoms with Crippen LogP contribution in [0.4, 0.5) is 0 Å². The molecule has 6 heteroatoms. The molecule has 1 fully saturated rings. The summed E-state index contributed by atoms with van der Waals surface area (Å²) in [7, 11) is 0. The Hall–Kier alpha value is -1.14. The molecule has 0 bridgehead atoms. The summed E-state index contributed by atoms with van der Waals surface area (Å²) in [6, 6.07) is -1.16. The SMILES string of the molecule is CC(N(C(=O)C1(C(N)=O)CCCCC1)C(C)C(C)(C)O)C(C)(C)O. The first kappa shape index (κ1) is 20.9. The van der Waals surface area contributed by atoms with Gasteiger partial charge in [-0.1, -0.05) is 19.3 Å². The highest BCUT2D eigenvalue weighted by Crippen LogP contribution is 2.40. The molecule has 6 nitrogen and oxygen atoms in total. The Morgan fingerprint density at radius 3 is 1.62 bits per heavy atom. The standard InChI is InChI=1S/C18H34N2O4/c1-12(16(3,4)23)20(13(2)17(5,6)24)15(22)18(14(19)21)10-8-7-9-11-18/h12-13,23-24H,7-11H2,1-6H3,(H2,19,21). The van der Waals surface area contributed by atoms with Crippen LogP contribution >= 0.6 is 0 Å². The van der Waals surface area contributed by atoms with Gasteiger partial charge in [-0.3, -0.25) is 9.59 Å². The Morgan fingerprint density at radius 2 is 1.33 bits per heavy atom. The number of nitrogens with two attached hydrogens (primary N) is 1. The third-order valence-electron chi connectivity index (χ3n) is 5.70. The van der Waals surface area contributed by atoms with Gasteiger partial charge >= 0.3 is 0 Å². The summed E-state index contributed by atoms with van der Waals surface area (Å²) in [5, 5.41) is 20.9. The lowest BCUT2D eigenvalue weighted by Gasteiger charge is -2.48. The predicted octanol–water partition coefficient (Wildman–Crippen LogP) is 1.57. The number of carbonyl (C=O) groups excluding carboxylic acids is 2. The number of carbonyl (C=O) groups is 2. The summed E-state index contributed by atoms with van der Waals surface area (Å²) in [4.78, 5) is 27.1. The minimum Gasteiger partial charge on any atom is -0.388 e. The van der Waals surface area contributed by atoms with E-state index in [1.54, 1.807) is 41.5 Å². The fourth-order valence-corrected chi connectivity index (χ4v) is 3.34. The number of amides is 2. The van der Waals surface area contributed by atoms with Crippen LogP contribution in [0, 0.1) is 5.41 Å². The average molecular weight is 342 g/mol. The maximum Gasteiger partial charge on any atom is 0.238 e. The van der Waals surface area contributed by atoms with Crippen molar-refractivity contribution in [2.45, 2.75) is 96.9 Å². The van der Waals surface area contributed by atoms with E-state index in [4.69, 9.17) is 5.73 Å². The van der Waals surface area contributed by atoms with Crippen molar-refractivity contribution in [3.05, 3.63) is 0 Å². The first-order valence-electron chi connectivity index (χ1n) is 8.82. The van der Waals surface area contributed by atoms with E-state index in [1.807, 2.05) is 0 Å². The fourth-order valence-electron chi connectivity index (χ4n) is 3.34. The molecule has 0 aromatic carbocycles. The third kappa shape index (κ3) is 4.09. The largest absolute Gasteiger partial charge is 0.388 e. The van der Waals surface area contributed by atoms with Crippen molar-refractivity contribution < 1.29 is 19.8 Å². The second-order valence-corrected chi connectivity index (χ2v) is 8.38. The molecule has 0 radical (unpaired) electrons. The van der Waals surface area contributed by atoms with Gasteiger partial charge in [-0.25, -0.2) is 0 Å². The number of primary amides is 1. The van der Waals surface area contributed by atoms with E-state index in [0.29, 0.717) is 12.8 Å². The molecule has 24 heavy (non-hydrogen) atoms. The van der Waals surface area contributed by atoms with Gasteiger partial charge in [0.25, 0.3) is 0 Å². The van der Waals surface area contributed by atoms with Crippen molar-refractivity contribution in [2.24, 2.45) is 11.1 Å². The van der Waals surface area contributed by atoms with Crippen molar-refractivity contribution in [3.8, 4) is 0 Å². The third-order valence-corrected chi connectivity index (χ3v) is 5.70. The van der Waals surface area contributed by atoms with Crippen molar-refractivity contribution >= 4 is 11.8 Å². The molecule has 0 aromatic heterocycles. The van der Waals surface area contributed by atoms with Gasteiger partial charge in [0.05, 0.1) is 23.3 Å². The van der Waals surface area contributed by atoms with E-state index in [2.05, 4.69) is 0 Å². The summed E-state index contributed by atoms with van der Waals surface area (Å²) in [5.74, 6) is -0.984. The van der Waals surface area contributed by atoms with E-state index < -0.39 is 34.6 Å². The normalized spacial score (nSPS) is 21.0. The minimum atomic E-state index is -1.24. The molecule has 1 rings (SSSR count). The summed E-state index contributed by atoms with van der Waals surface area (Å²) in [6.07, 6.45) is 3.38. The Kier molecular flexibility index (Phi) is 6.10. The maximum absolute atomic E-state index is 13.4. The molecule has 4 N–H and O–H groups in total. The number of aliphatic hydroxyl groups is 2. The molecule has 0 heterocycles. The number of rotatable bonds is 6. The van der Waals surface area contributed by atoms with Crippen LogP contribution in [0.5, 0.6) is 0 Å². The van der Waals surface area contributed by atoms with Crippen molar-refractivity contribution in [1.82, 2.24) is 4.90 Å². The smallest absolute Gasteiger partial charge is 0.238 e. The van der Waals surface area contributed by atoms with Crippen LogP contribution in [-0.2, 0) is 9.59 Å². The number of hydrogen-bond donors (Lipinski definition) is 3. The molecule has 0 aromatic rings. The first-order chi connectivity index (χ1) is 10.7. The Morgan fingerprint density at radius 1 is 0.958 bits per heavy atom. The summed E-state index contributed by atoms with van der Waals surface area (Å²) in [6.45, 7) is 9.94. The molecule has 140 valence electrons. The van der Waals surface area contributed by atoms with Crippen molar-refractivity contribution in [3.63, 3.8) is 0 Å². The quantitative estimate of drug-likeness (QED) is 0.637. The highest BCUT2D eigenvalue weighted by atomic mass is 16.3. The van der Waals surface area contributed by atoms with Gasteiger partial charge in [0.15, 0.2) is 0 Å². The van der Waals surface area contributed by atoms with E-state index in [0.717, 1.165) is 19.3 Å². The van der Waals surface area contributed by atoms with Gasteiger partial charge in [0.1, 0.15) is 5.41 Å². The maximum atomic E-state index is 13.4. The highest BCUT2D eigenvalue weighted by molar-refractivity contribution is 6.04. The number of nitrogens with zero attached hydrogens (tertiary/aromatic N) is 1. The molecule has 2 atom stereocenters. The minimum absolute atomic E-state index is 0.376. The number of hydrogen-bond acceptors (Lipinski definition) is 4. The lowest BCUT2D eigenvalue weighted by Crippen LogP contribution is -2.64. The molecular weight excluding hydrogens is 308 g/mol. The van der Waals surface area contributed by atoms with Crippen LogP contribution < -0.4 is 5.73 Å². The molecule has 1 saturated carbocycles. The Bertz CT molecular complexity index is 450. The Labute approximate surface area is 145 Å². The van der Waals surface area contributed by atoms with Gasteiger partial charge in [-0.15, -0.1) is 0 Å². The predicted molar refractivity (Wildman–Crippen MR) is 93.1 cm³/mol. The molecule has 1 aliphatic carbocycles. The van der Waals surface area contributed by atoms with Crippen LogP contribution in [0.25, 0.3) is 0 Å². The van der Waals surface area contributed by atoms with Crippen LogP contribution in [0.15, 0.2) is 0 Å².